The van der Waals surface area contributed by atoms with Crippen molar-refractivity contribution in [2.75, 3.05) is 6.79 Å². The molecule has 0 saturated heterocycles. The van der Waals surface area contributed by atoms with Crippen LogP contribution in [0.15, 0.2) is 42.7 Å². The minimum atomic E-state index is -0.347. The molecule has 110 valence electrons. The number of pyridine rings is 1. The number of amides is 1. The number of aromatic nitrogens is 2. The lowest BCUT2D eigenvalue weighted by Gasteiger charge is -1.99. The van der Waals surface area contributed by atoms with Gasteiger partial charge >= 0.3 is 0 Å². The molecule has 3 N–H and O–H groups in total. The summed E-state index contributed by atoms with van der Waals surface area (Å²) in [5.41, 5.74) is 5.01. The van der Waals surface area contributed by atoms with Crippen molar-refractivity contribution in [3.63, 3.8) is 0 Å². The molecule has 0 radical (unpaired) electrons. The fourth-order valence-electron chi connectivity index (χ4n) is 2.40. The monoisotopic (exact) mass is 296 g/mol. The second-order valence-corrected chi connectivity index (χ2v) is 4.85. The van der Waals surface area contributed by atoms with Gasteiger partial charge in [0.15, 0.2) is 11.5 Å². The molecule has 0 fully saturated rings. The van der Waals surface area contributed by atoms with Crippen molar-refractivity contribution in [1.82, 2.24) is 14.8 Å². The number of hydrazine groups is 1. The summed E-state index contributed by atoms with van der Waals surface area (Å²) in [6, 6.07) is 9.10. The topological polar surface area (TPSA) is 90.9 Å². The first-order valence-corrected chi connectivity index (χ1v) is 6.64. The lowest BCUT2D eigenvalue weighted by atomic mass is 10.1. The van der Waals surface area contributed by atoms with Crippen molar-refractivity contribution in [3.8, 4) is 22.8 Å². The van der Waals surface area contributed by atoms with E-state index in [2.05, 4.69) is 10.4 Å². The molecule has 7 nitrogen and oxygen atoms in total. The summed E-state index contributed by atoms with van der Waals surface area (Å²) >= 11 is 0. The van der Waals surface area contributed by atoms with Crippen molar-refractivity contribution in [2.45, 2.75) is 0 Å². The molecule has 0 unspecified atom stereocenters. The zero-order valence-electron chi connectivity index (χ0n) is 11.4. The molecular weight excluding hydrogens is 284 g/mol. The number of carbonyl (C=O) groups excluding carboxylic acids is 1. The fraction of sp³-hybridized carbons (Fsp3) is 0.0667. The van der Waals surface area contributed by atoms with Gasteiger partial charge in [-0.3, -0.25) is 10.2 Å². The van der Waals surface area contributed by atoms with E-state index in [1.165, 1.54) is 0 Å². The summed E-state index contributed by atoms with van der Waals surface area (Å²) in [5.74, 6) is 6.24. The molecule has 0 atom stereocenters. The summed E-state index contributed by atoms with van der Waals surface area (Å²) in [7, 11) is 0. The number of imidazole rings is 1. The zero-order chi connectivity index (χ0) is 15.1. The number of ether oxygens (including phenoxy) is 2. The first-order valence-electron chi connectivity index (χ1n) is 6.64. The molecule has 3 heterocycles. The van der Waals surface area contributed by atoms with E-state index in [9.17, 15) is 4.79 Å². The van der Waals surface area contributed by atoms with Crippen molar-refractivity contribution < 1.29 is 14.3 Å². The average Bonchev–Trinajstić information content (AvgIpc) is 3.18. The Morgan fingerprint density at radius 1 is 1.18 bits per heavy atom. The Hall–Kier alpha value is -3.06. The van der Waals surface area contributed by atoms with E-state index < -0.39 is 0 Å². The van der Waals surface area contributed by atoms with E-state index in [0.717, 1.165) is 22.7 Å². The number of rotatable bonds is 2. The Bertz CT molecular complexity index is 888. The molecule has 0 aliphatic carbocycles. The Kier molecular flexibility index (Phi) is 2.73. The van der Waals surface area contributed by atoms with Gasteiger partial charge in [0.2, 0.25) is 6.79 Å². The van der Waals surface area contributed by atoms with Crippen LogP contribution in [-0.2, 0) is 0 Å². The first-order chi connectivity index (χ1) is 10.7. The van der Waals surface area contributed by atoms with Gasteiger partial charge in [0, 0.05) is 18.0 Å². The minimum Gasteiger partial charge on any atom is -0.454 e. The number of nitrogens with one attached hydrogen (secondary N) is 1. The molecule has 1 aliphatic heterocycles. The fourth-order valence-corrected chi connectivity index (χ4v) is 2.40. The zero-order valence-corrected chi connectivity index (χ0v) is 11.4. The van der Waals surface area contributed by atoms with Crippen LogP contribution in [0.2, 0.25) is 0 Å². The molecule has 1 aromatic carbocycles. The van der Waals surface area contributed by atoms with Crippen molar-refractivity contribution >= 4 is 11.6 Å². The normalized spacial score (nSPS) is 12.6. The van der Waals surface area contributed by atoms with Gasteiger partial charge in [-0.05, 0) is 30.3 Å². The number of benzene rings is 1. The highest BCUT2D eigenvalue weighted by molar-refractivity contribution is 5.93. The van der Waals surface area contributed by atoms with E-state index >= 15 is 0 Å². The van der Waals surface area contributed by atoms with Gasteiger partial charge in [-0.15, -0.1) is 0 Å². The molecule has 1 amide bonds. The van der Waals surface area contributed by atoms with E-state index in [1.807, 2.05) is 24.4 Å². The number of fused-ring (bicyclic) bond motifs is 2. The number of hydrogen-bond acceptors (Lipinski definition) is 5. The third kappa shape index (κ3) is 1.95. The second kappa shape index (κ2) is 4.74. The SMILES string of the molecule is NNC(=O)c1ccc2nc(-c3ccc4c(c3)OCO4)cn2c1. The summed E-state index contributed by atoms with van der Waals surface area (Å²) in [6.45, 7) is 0.238. The van der Waals surface area contributed by atoms with E-state index in [4.69, 9.17) is 15.3 Å². The third-order valence-electron chi connectivity index (χ3n) is 3.51. The highest BCUT2D eigenvalue weighted by atomic mass is 16.7. The predicted octanol–water partition coefficient (Wildman–Crippen LogP) is 1.33. The molecule has 2 aromatic heterocycles. The molecule has 4 rings (SSSR count). The minimum absolute atomic E-state index is 0.238. The van der Waals surface area contributed by atoms with Gasteiger partial charge in [0.1, 0.15) is 5.65 Å². The van der Waals surface area contributed by atoms with Crippen LogP contribution in [0.5, 0.6) is 11.5 Å². The Morgan fingerprint density at radius 3 is 2.91 bits per heavy atom. The van der Waals surface area contributed by atoms with E-state index in [-0.39, 0.29) is 12.7 Å². The smallest absolute Gasteiger partial charge is 0.266 e. The lowest BCUT2D eigenvalue weighted by molar-refractivity contribution is 0.0953. The standard InChI is InChI=1S/C15H12N4O3/c16-18-15(20)10-2-4-14-17-11(7-19(14)6-10)9-1-3-12-13(5-9)22-8-21-12/h1-7H,8,16H2,(H,18,20). The van der Waals surface area contributed by atoms with Crippen LogP contribution < -0.4 is 20.7 Å². The maximum atomic E-state index is 11.6. The lowest BCUT2D eigenvalue weighted by Crippen LogP contribution is -2.30. The predicted molar refractivity (Wildman–Crippen MR) is 78.4 cm³/mol. The summed E-state index contributed by atoms with van der Waals surface area (Å²) in [5, 5.41) is 0. The quantitative estimate of drug-likeness (QED) is 0.423. The molecule has 3 aromatic rings. The molecule has 1 aliphatic rings. The van der Waals surface area contributed by atoms with Crippen molar-refractivity contribution in [3.05, 3.63) is 48.3 Å². The van der Waals surface area contributed by atoms with Gasteiger partial charge in [0.05, 0.1) is 11.3 Å². The van der Waals surface area contributed by atoms with E-state index in [0.29, 0.717) is 11.3 Å². The Labute approximate surface area is 125 Å². The van der Waals surface area contributed by atoms with Crippen molar-refractivity contribution in [1.29, 1.82) is 0 Å². The number of carbonyl (C=O) groups is 1. The van der Waals surface area contributed by atoms with Crippen LogP contribution in [-0.4, -0.2) is 22.1 Å². The molecule has 7 heteroatoms. The maximum absolute atomic E-state index is 11.6. The van der Waals surface area contributed by atoms with Crippen LogP contribution in [0, 0.1) is 0 Å². The van der Waals surface area contributed by atoms with E-state index in [1.54, 1.807) is 22.7 Å². The highest BCUT2D eigenvalue weighted by Gasteiger charge is 2.15. The van der Waals surface area contributed by atoms with Crippen LogP contribution in [0.4, 0.5) is 0 Å². The summed E-state index contributed by atoms with van der Waals surface area (Å²) in [6.07, 6.45) is 3.53. The second-order valence-electron chi connectivity index (χ2n) is 4.85. The first kappa shape index (κ1) is 12.7. The van der Waals surface area contributed by atoms with Gasteiger partial charge in [-0.25, -0.2) is 10.8 Å². The van der Waals surface area contributed by atoms with Gasteiger partial charge in [-0.2, -0.15) is 0 Å². The summed E-state index contributed by atoms with van der Waals surface area (Å²) < 4.78 is 12.5. The van der Waals surface area contributed by atoms with Crippen LogP contribution in [0.25, 0.3) is 16.9 Å². The Morgan fingerprint density at radius 2 is 2.05 bits per heavy atom. The number of nitrogens with zero attached hydrogens (tertiary/aromatic N) is 2. The van der Waals surface area contributed by atoms with Gasteiger partial charge in [-0.1, -0.05) is 0 Å². The highest BCUT2D eigenvalue weighted by Crippen LogP contribution is 2.35. The number of hydrogen-bond donors (Lipinski definition) is 2. The summed E-state index contributed by atoms with van der Waals surface area (Å²) in [4.78, 5) is 16.1. The van der Waals surface area contributed by atoms with Gasteiger partial charge < -0.3 is 13.9 Å². The largest absolute Gasteiger partial charge is 0.454 e. The molecule has 0 saturated carbocycles. The average molecular weight is 296 g/mol. The maximum Gasteiger partial charge on any atom is 0.266 e. The molecule has 0 spiro atoms. The molecule has 22 heavy (non-hydrogen) atoms. The van der Waals surface area contributed by atoms with Crippen molar-refractivity contribution in [2.24, 2.45) is 5.84 Å². The van der Waals surface area contributed by atoms with Crippen LogP contribution >= 0.6 is 0 Å². The van der Waals surface area contributed by atoms with Crippen LogP contribution in [0.1, 0.15) is 10.4 Å². The van der Waals surface area contributed by atoms with Gasteiger partial charge in [0.25, 0.3) is 5.91 Å². The number of nitrogens with two attached hydrogens (primary N) is 1. The number of nitrogen functional groups attached to an aromatic ring is 1. The van der Waals surface area contributed by atoms with Crippen LogP contribution in [0.3, 0.4) is 0 Å². The third-order valence-corrected chi connectivity index (χ3v) is 3.51. The Balaban J connectivity index is 1.77. The molecule has 0 bridgehead atoms. The molecular formula is C15H12N4O3.